The number of aryl methyl sites for hydroxylation is 1. The molecule has 1 aromatic rings. The molecular formula is C9H16N2O3S. The third-order valence-electron chi connectivity index (χ3n) is 1.81. The molecule has 5 nitrogen and oxygen atoms in total. The van der Waals surface area contributed by atoms with Gasteiger partial charge in [-0.05, 0) is 19.9 Å². The van der Waals surface area contributed by atoms with Gasteiger partial charge in [-0.2, -0.15) is 0 Å². The Hall–Kier alpha value is -0.880. The lowest BCUT2D eigenvalue weighted by molar-refractivity contribution is 0.449. The molecule has 0 bridgehead atoms. The molecule has 1 rings (SSSR count). The van der Waals surface area contributed by atoms with Gasteiger partial charge in [0.2, 0.25) is 5.89 Å². The number of hydrogen-bond donors (Lipinski definition) is 1. The molecule has 0 spiro atoms. The van der Waals surface area contributed by atoms with Crippen molar-refractivity contribution in [2.75, 3.05) is 18.6 Å². The number of rotatable bonds is 6. The predicted molar refractivity (Wildman–Crippen MR) is 57.3 cm³/mol. The van der Waals surface area contributed by atoms with Gasteiger partial charge in [0.15, 0.2) is 0 Å². The molecule has 0 radical (unpaired) electrons. The first-order chi connectivity index (χ1) is 6.97. The summed E-state index contributed by atoms with van der Waals surface area (Å²) in [5.74, 6) is 1.62. The standard InChI is InChI=1S/C9H16N2O3S/c1-8-6-11-9(14-8)7-10-4-3-5-15(2,12)13/h6,10H,3-5,7H2,1-2H3. The summed E-state index contributed by atoms with van der Waals surface area (Å²) >= 11 is 0. The van der Waals surface area contributed by atoms with E-state index in [1.165, 1.54) is 6.26 Å². The number of sulfone groups is 1. The summed E-state index contributed by atoms with van der Waals surface area (Å²) in [5.41, 5.74) is 0. The number of aromatic nitrogens is 1. The highest BCUT2D eigenvalue weighted by atomic mass is 32.2. The van der Waals surface area contributed by atoms with Crippen molar-refractivity contribution in [3.05, 3.63) is 17.8 Å². The SMILES string of the molecule is Cc1cnc(CNCCCS(C)(=O)=O)o1. The Kier molecular flexibility index (Phi) is 4.28. The number of oxazole rings is 1. The normalized spacial score (nSPS) is 11.9. The highest BCUT2D eigenvalue weighted by molar-refractivity contribution is 7.90. The zero-order chi connectivity index (χ0) is 11.3. The molecule has 86 valence electrons. The van der Waals surface area contributed by atoms with E-state index in [4.69, 9.17) is 4.42 Å². The van der Waals surface area contributed by atoms with Crippen LogP contribution in [0.3, 0.4) is 0 Å². The first-order valence-corrected chi connectivity index (χ1v) is 6.83. The number of nitrogens with one attached hydrogen (secondary N) is 1. The van der Waals surface area contributed by atoms with Crippen molar-refractivity contribution in [2.24, 2.45) is 0 Å². The van der Waals surface area contributed by atoms with Crippen LogP contribution in [0.4, 0.5) is 0 Å². The first kappa shape index (κ1) is 12.2. The molecule has 1 aromatic heterocycles. The van der Waals surface area contributed by atoms with Crippen molar-refractivity contribution < 1.29 is 12.8 Å². The Morgan fingerprint density at radius 1 is 1.53 bits per heavy atom. The summed E-state index contributed by atoms with van der Waals surface area (Å²) in [6.45, 7) is 3.02. The summed E-state index contributed by atoms with van der Waals surface area (Å²) < 4.78 is 26.9. The molecule has 0 aliphatic carbocycles. The lowest BCUT2D eigenvalue weighted by atomic mass is 10.5. The lowest BCUT2D eigenvalue weighted by Gasteiger charge is -2.00. The monoisotopic (exact) mass is 232 g/mol. The molecule has 6 heteroatoms. The fourth-order valence-electron chi connectivity index (χ4n) is 1.14. The van der Waals surface area contributed by atoms with Crippen LogP contribution in [0.25, 0.3) is 0 Å². The van der Waals surface area contributed by atoms with Crippen LogP contribution in [0.15, 0.2) is 10.6 Å². The third-order valence-corrected chi connectivity index (χ3v) is 2.84. The number of nitrogens with zero attached hydrogens (tertiary/aromatic N) is 1. The van der Waals surface area contributed by atoms with E-state index in [9.17, 15) is 8.42 Å². The third kappa shape index (κ3) is 5.54. The molecule has 0 aliphatic heterocycles. The van der Waals surface area contributed by atoms with Crippen LogP contribution in [0.1, 0.15) is 18.1 Å². The fraction of sp³-hybridized carbons (Fsp3) is 0.667. The highest BCUT2D eigenvalue weighted by Crippen LogP contribution is 2.00. The van der Waals surface area contributed by atoms with E-state index in [0.717, 1.165) is 5.76 Å². The second kappa shape index (κ2) is 5.27. The Bertz CT molecular complexity index is 397. The minimum Gasteiger partial charge on any atom is -0.445 e. The number of hydrogen-bond acceptors (Lipinski definition) is 5. The molecule has 0 aromatic carbocycles. The van der Waals surface area contributed by atoms with Gasteiger partial charge in [0.25, 0.3) is 0 Å². The summed E-state index contributed by atoms with van der Waals surface area (Å²) in [4.78, 5) is 4.01. The average molecular weight is 232 g/mol. The molecule has 0 unspecified atom stereocenters. The maximum Gasteiger partial charge on any atom is 0.208 e. The van der Waals surface area contributed by atoms with Crippen LogP contribution in [0.5, 0.6) is 0 Å². The summed E-state index contributed by atoms with van der Waals surface area (Å²) in [7, 11) is -2.84. The molecule has 0 amide bonds. The van der Waals surface area contributed by atoms with Gasteiger partial charge in [-0.3, -0.25) is 0 Å². The zero-order valence-corrected chi connectivity index (χ0v) is 9.80. The van der Waals surface area contributed by atoms with Crippen LogP contribution in [-0.4, -0.2) is 32.0 Å². The highest BCUT2D eigenvalue weighted by Gasteiger charge is 2.02. The van der Waals surface area contributed by atoms with Gasteiger partial charge in [-0.15, -0.1) is 0 Å². The van der Waals surface area contributed by atoms with E-state index in [2.05, 4.69) is 10.3 Å². The minimum atomic E-state index is -2.84. The van der Waals surface area contributed by atoms with E-state index in [1.807, 2.05) is 6.92 Å². The summed E-state index contributed by atoms with van der Waals surface area (Å²) in [6, 6.07) is 0. The molecule has 0 saturated carbocycles. The molecule has 0 atom stereocenters. The van der Waals surface area contributed by atoms with Gasteiger partial charge in [0, 0.05) is 6.26 Å². The van der Waals surface area contributed by atoms with Gasteiger partial charge in [0.1, 0.15) is 15.6 Å². The van der Waals surface area contributed by atoms with Crippen molar-refractivity contribution in [1.29, 1.82) is 0 Å². The van der Waals surface area contributed by atoms with E-state index in [0.29, 0.717) is 25.4 Å². The molecule has 1 heterocycles. The summed E-state index contributed by atoms with van der Waals surface area (Å²) in [6.07, 6.45) is 3.51. The fourth-order valence-corrected chi connectivity index (χ4v) is 1.81. The van der Waals surface area contributed by atoms with Crippen molar-refractivity contribution in [3.8, 4) is 0 Å². The van der Waals surface area contributed by atoms with Crippen LogP contribution >= 0.6 is 0 Å². The smallest absolute Gasteiger partial charge is 0.208 e. The van der Waals surface area contributed by atoms with Crippen LogP contribution in [0.2, 0.25) is 0 Å². The molecule has 15 heavy (non-hydrogen) atoms. The van der Waals surface area contributed by atoms with E-state index in [-0.39, 0.29) is 5.75 Å². The average Bonchev–Trinajstić information content (AvgIpc) is 2.49. The zero-order valence-electron chi connectivity index (χ0n) is 8.99. The quantitative estimate of drug-likeness (QED) is 0.723. The van der Waals surface area contributed by atoms with Crippen LogP contribution in [0, 0.1) is 6.92 Å². The maximum atomic E-state index is 10.8. The van der Waals surface area contributed by atoms with Gasteiger partial charge in [0.05, 0.1) is 18.5 Å². The Balaban J connectivity index is 2.12. The molecular weight excluding hydrogens is 216 g/mol. The topological polar surface area (TPSA) is 72.2 Å². The maximum absolute atomic E-state index is 10.8. The lowest BCUT2D eigenvalue weighted by Crippen LogP contribution is -2.17. The van der Waals surface area contributed by atoms with Crippen molar-refractivity contribution in [3.63, 3.8) is 0 Å². The van der Waals surface area contributed by atoms with Gasteiger partial charge in [-0.1, -0.05) is 0 Å². The van der Waals surface area contributed by atoms with Gasteiger partial charge < -0.3 is 9.73 Å². The Morgan fingerprint density at radius 2 is 2.27 bits per heavy atom. The molecule has 0 aliphatic rings. The largest absolute Gasteiger partial charge is 0.445 e. The predicted octanol–water partition coefficient (Wildman–Crippen LogP) is 0.507. The molecule has 1 N–H and O–H groups in total. The van der Waals surface area contributed by atoms with E-state index >= 15 is 0 Å². The van der Waals surface area contributed by atoms with Gasteiger partial charge >= 0.3 is 0 Å². The molecule has 0 saturated heterocycles. The van der Waals surface area contributed by atoms with Crippen molar-refractivity contribution in [2.45, 2.75) is 19.9 Å². The van der Waals surface area contributed by atoms with Crippen molar-refractivity contribution in [1.82, 2.24) is 10.3 Å². The molecule has 0 fully saturated rings. The Labute approximate surface area is 89.8 Å². The van der Waals surface area contributed by atoms with Gasteiger partial charge in [-0.25, -0.2) is 13.4 Å². The van der Waals surface area contributed by atoms with Crippen molar-refractivity contribution >= 4 is 9.84 Å². The minimum absolute atomic E-state index is 0.213. The van der Waals surface area contributed by atoms with Crippen LogP contribution in [-0.2, 0) is 16.4 Å². The van der Waals surface area contributed by atoms with E-state index in [1.54, 1.807) is 6.20 Å². The first-order valence-electron chi connectivity index (χ1n) is 4.77. The second-order valence-electron chi connectivity index (χ2n) is 3.52. The summed E-state index contributed by atoms with van der Waals surface area (Å²) in [5, 5.41) is 3.07. The Morgan fingerprint density at radius 3 is 2.80 bits per heavy atom. The second-order valence-corrected chi connectivity index (χ2v) is 5.78. The van der Waals surface area contributed by atoms with Crippen LogP contribution < -0.4 is 5.32 Å². The van der Waals surface area contributed by atoms with E-state index < -0.39 is 9.84 Å².